The number of thioether (sulfide) groups is 1. The van der Waals surface area contributed by atoms with Gasteiger partial charge < -0.3 is 25.4 Å². The number of carbonyl (C=O) groups is 3. The van der Waals surface area contributed by atoms with Crippen molar-refractivity contribution in [1.82, 2.24) is 15.5 Å². The van der Waals surface area contributed by atoms with E-state index in [9.17, 15) is 19.5 Å². The van der Waals surface area contributed by atoms with Crippen molar-refractivity contribution in [2.75, 3.05) is 18.6 Å². The molecule has 34 heavy (non-hydrogen) atoms. The van der Waals surface area contributed by atoms with E-state index in [1.54, 1.807) is 44.7 Å². The van der Waals surface area contributed by atoms with Crippen LogP contribution in [0.3, 0.4) is 0 Å². The Morgan fingerprint density at radius 1 is 1.12 bits per heavy atom. The van der Waals surface area contributed by atoms with Crippen LogP contribution in [0, 0.1) is 0 Å². The summed E-state index contributed by atoms with van der Waals surface area (Å²) in [5.41, 5.74) is -0.119. The van der Waals surface area contributed by atoms with E-state index in [2.05, 4.69) is 10.6 Å². The summed E-state index contributed by atoms with van der Waals surface area (Å²) >= 11 is 1.57. The van der Waals surface area contributed by atoms with Crippen molar-refractivity contribution in [2.45, 2.75) is 84.5 Å². The van der Waals surface area contributed by atoms with Crippen LogP contribution in [-0.4, -0.2) is 64.2 Å². The third kappa shape index (κ3) is 10.2. The molecular weight excluding hydrogens is 454 g/mol. The molecule has 1 rings (SSSR count). The van der Waals surface area contributed by atoms with E-state index in [4.69, 9.17) is 4.74 Å². The number of rotatable bonds is 12. The molecule has 192 valence electrons. The molecule has 1 aromatic carbocycles. The number of amides is 3. The minimum Gasteiger partial charge on any atom is -0.508 e. The van der Waals surface area contributed by atoms with Crippen molar-refractivity contribution in [2.24, 2.45) is 0 Å². The number of nitrogens with zero attached hydrogens (tertiary/aromatic N) is 1. The van der Waals surface area contributed by atoms with Crippen LogP contribution in [0.2, 0.25) is 0 Å². The lowest BCUT2D eigenvalue weighted by Gasteiger charge is -2.35. The fourth-order valence-corrected chi connectivity index (χ4v) is 3.80. The van der Waals surface area contributed by atoms with Crippen LogP contribution in [0.15, 0.2) is 24.3 Å². The molecule has 3 amide bonds. The zero-order valence-corrected chi connectivity index (χ0v) is 22.3. The summed E-state index contributed by atoms with van der Waals surface area (Å²) < 4.78 is 5.38. The Labute approximate surface area is 208 Å². The van der Waals surface area contributed by atoms with Gasteiger partial charge in [-0.25, -0.2) is 4.79 Å². The maximum atomic E-state index is 13.8. The molecule has 2 unspecified atom stereocenters. The minimum atomic E-state index is -0.903. The van der Waals surface area contributed by atoms with Crippen molar-refractivity contribution in [1.29, 1.82) is 0 Å². The molecule has 0 fully saturated rings. The van der Waals surface area contributed by atoms with E-state index >= 15 is 0 Å². The Bertz CT molecular complexity index is 793. The molecule has 0 saturated heterocycles. The lowest BCUT2D eigenvalue weighted by molar-refractivity contribution is -0.142. The molecule has 2 atom stereocenters. The van der Waals surface area contributed by atoms with Gasteiger partial charge in [-0.3, -0.25) is 9.59 Å². The van der Waals surface area contributed by atoms with Gasteiger partial charge in [-0.2, -0.15) is 11.8 Å². The van der Waals surface area contributed by atoms with Crippen LogP contribution < -0.4 is 10.6 Å². The monoisotopic (exact) mass is 495 g/mol. The zero-order valence-electron chi connectivity index (χ0n) is 21.5. The molecule has 0 aromatic heterocycles. The van der Waals surface area contributed by atoms with Crippen molar-refractivity contribution < 1.29 is 24.2 Å². The molecule has 1 aromatic rings. The molecule has 0 aliphatic carbocycles. The van der Waals surface area contributed by atoms with Gasteiger partial charge in [0.05, 0.1) is 0 Å². The highest BCUT2D eigenvalue weighted by atomic mass is 32.2. The summed E-state index contributed by atoms with van der Waals surface area (Å²) in [7, 11) is 0. The average Bonchev–Trinajstić information content (AvgIpc) is 2.72. The van der Waals surface area contributed by atoms with E-state index in [0.29, 0.717) is 30.7 Å². The number of ether oxygens (including phenoxy) is 1. The Kier molecular flexibility index (Phi) is 12.3. The number of benzene rings is 1. The second-order valence-electron chi connectivity index (χ2n) is 9.52. The van der Waals surface area contributed by atoms with Gasteiger partial charge in [0.25, 0.3) is 0 Å². The summed E-state index contributed by atoms with van der Waals surface area (Å²) in [6, 6.07) is 4.41. The summed E-state index contributed by atoms with van der Waals surface area (Å²) in [6.07, 6.45) is 3.18. The average molecular weight is 496 g/mol. The van der Waals surface area contributed by atoms with Crippen molar-refractivity contribution in [3.63, 3.8) is 0 Å². The van der Waals surface area contributed by atoms with Gasteiger partial charge in [-0.1, -0.05) is 25.5 Å². The van der Waals surface area contributed by atoms with Crippen LogP contribution in [0.1, 0.15) is 72.4 Å². The van der Waals surface area contributed by atoms with E-state index in [1.807, 2.05) is 27.0 Å². The maximum Gasteiger partial charge on any atom is 0.408 e. The number of carbonyl (C=O) groups excluding carboxylic acids is 3. The van der Waals surface area contributed by atoms with Gasteiger partial charge in [0.15, 0.2) is 0 Å². The summed E-state index contributed by atoms with van der Waals surface area (Å²) in [6.45, 7) is 11.3. The standard InChI is InChI=1S/C25H41N3O5S/c1-8-9-15-28(21(22(30)26-17(2)3)18-10-12-19(29)13-11-18)23(31)20(14-16-34-7)27-24(32)33-25(4,5)6/h10-13,17,20-21,29H,8-9,14-16H2,1-7H3,(H,26,30)(H,27,32). The van der Waals surface area contributed by atoms with Gasteiger partial charge in [-0.05, 0) is 77.2 Å². The molecule has 0 radical (unpaired) electrons. The smallest absolute Gasteiger partial charge is 0.408 e. The van der Waals surface area contributed by atoms with Gasteiger partial charge in [-0.15, -0.1) is 0 Å². The highest BCUT2D eigenvalue weighted by Crippen LogP contribution is 2.26. The summed E-state index contributed by atoms with van der Waals surface area (Å²) in [5.74, 6) is 0.0644. The quantitative estimate of drug-likeness (QED) is 0.400. The minimum absolute atomic E-state index is 0.0719. The van der Waals surface area contributed by atoms with Crippen LogP contribution in [0.5, 0.6) is 5.75 Å². The molecule has 3 N–H and O–H groups in total. The van der Waals surface area contributed by atoms with Gasteiger partial charge in [0, 0.05) is 12.6 Å². The molecule has 0 aliphatic heterocycles. The van der Waals surface area contributed by atoms with Crippen molar-refractivity contribution in [3.05, 3.63) is 29.8 Å². The van der Waals surface area contributed by atoms with Crippen LogP contribution in [0.25, 0.3) is 0 Å². The highest BCUT2D eigenvalue weighted by molar-refractivity contribution is 7.98. The molecule has 0 bridgehead atoms. The molecule has 0 aliphatic rings. The predicted molar refractivity (Wildman–Crippen MR) is 137 cm³/mol. The SMILES string of the molecule is CCCCN(C(=O)C(CCSC)NC(=O)OC(C)(C)C)C(C(=O)NC(C)C)c1ccc(O)cc1. The number of hydrogen-bond acceptors (Lipinski definition) is 6. The first kappa shape index (κ1) is 29.6. The Morgan fingerprint density at radius 3 is 2.24 bits per heavy atom. The summed E-state index contributed by atoms with van der Waals surface area (Å²) in [5, 5.41) is 15.4. The second kappa shape index (κ2) is 14.1. The van der Waals surface area contributed by atoms with Crippen LogP contribution >= 0.6 is 11.8 Å². The maximum absolute atomic E-state index is 13.8. The largest absolute Gasteiger partial charge is 0.508 e. The summed E-state index contributed by atoms with van der Waals surface area (Å²) in [4.78, 5) is 41.2. The van der Waals surface area contributed by atoms with E-state index in [0.717, 1.165) is 6.42 Å². The zero-order chi connectivity index (χ0) is 25.9. The number of nitrogens with one attached hydrogen (secondary N) is 2. The number of aromatic hydroxyl groups is 1. The number of alkyl carbamates (subject to hydrolysis) is 1. The molecule has 8 nitrogen and oxygen atoms in total. The lowest BCUT2D eigenvalue weighted by Crippen LogP contribution is -2.53. The lowest BCUT2D eigenvalue weighted by atomic mass is 10.0. The third-order valence-corrected chi connectivity index (χ3v) is 5.48. The van der Waals surface area contributed by atoms with Crippen molar-refractivity contribution >= 4 is 29.7 Å². The second-order valence-corrected chi connectivity index (χ2v) is 10.5. The number of phenolic OH excluding ortho intramolecular Hbond substituents is 1. The van der Waals surface area contributed by atoms with E-state index < -0.39 is 23.8 Å². The van der Waals surface area contributed by atoms with Crippen LogP contribution in [-0.2, 0) is 14.3 Å². The molecule has 0 heterocycles. The number of hydrogen-bond donors (Lipinski definition) is 3. The highest BCUT2D eigenvalue weighted by Gasteiger charge is 2.36. The first-order chi connectivity index (χ1) is 15.9. The molecule has 0 spiro atoms. The van der Waals surface area contributed by atoms with E-state index in [1.165, 1.54) is 17.0 Å². The first-order valence-electron chi connectivity index (χ1n) is 11.8. The molecular formula is C25H41N3O5S. The number of phenols is 1. The van der Waals surface area contributed by atoms with Gasteiger partial charge in [0.1, 0.15) is 23.4 Å². The fourth-order valence-electron chi connectivity index (χ4n) is 3.33. The molecule has 9 heteroatoms. The Morgan fingerprint density at radius 2 is 1.74 bits per heavy atom. The molecule has 0 saturated carbocycles. The fraction of sp³-hybridized carbons (Fsp3) is 0.640. The van der Waals surface area contributed by atoms with Crippen molar-refractivity contribution in [3.8, 4) is 5.75 Å². The topological polar surface area (TPSA) is 108 Å². The first-order valence-corrected chi connectivity index (χ1v) is 13.2. The normalized spacial score (nSPS) is 13.2. The van der Waals surface area contributed by atoms with Gasteiger partial charge in [0.2, 0.25) is 11.8 Å². The predicted octanol–water partition coefficient (Wildman–Crippen LogP) is 4.23. The van der Waals surface area contributed by atoms with Crippen LogP contribution in [0.4, 0.5) is 4.79 Å². The van der Waals surface area contributed by atoms with E-state index in [-0.39, 0.29) is 23.6 Å². The van der Waals surface area contributed by atoms with Gasteiger partial charge >= 0.3 is 6.09 Å². The Hall–Kier alpha value is -2.42. The third-order valence-electron chi connectivity index (χ3n) is 4.84. The Balaban J connectivity index is 3.39. The number of unbranched alkanes of at least 4 members (excludes halogenated alkanes) is 1.